The Morgan fingerprint density at radius 1 is 0.368 bits per heavy atom. The van der Waals surface area contributed by atoms with E-state index in [1.165, 1.54) is 42.3 Å². The molecular formula is C12H18MoN6. The molecule has 0 aromatic carbocycles. The van der Waals surface area contributed by atoms with Gasteiger partial charge in [-0.15, -0.1) is 0 Å². The number of nitrogens with zero attached hydrogens (tertiary/aromatic N) is 6. The van der Waals surface area contributed by atoms with Crippen LogP contribution < -0.4 is 0 Å². The SMILES string of the molecule is [C-]#[N+]C.[C-]#[N+]C.[C-]#[N+]C.[C-]#[N+]C.[C-]#[N+]C.[C-]#[N+]C.[Mo]. The maximum atomic E-state index is 5.83. The third kappa shape index (κ3) is 516. The minimum Gasteiger partial charge on any atom is -0.320 e. The van der Waals surface area contributed by atoms with E-state index in [2.05, 4.69) is 29.1 Å². The van der Waals surface area contributed by atoms with E-state index in [0.717, 1.165) is 0 Å². The summed E-state index contributed by atoms with van der Waals surface area (Å²) in [4.78, 5) is 16.5. The Morgan fingerprint density at radius 3 is 0.368 bits per heavy atom. The predicted octanol–water partition coefficient (Wildman–Crippen LogP) is 3.21. The van der Waals surface area contributed by atoms with Crippen molar-refractivity contribution in [2.45, 2.75) is 0 Å². The van der Waals surface area contributed by atoms with E-state index in [9.17, 15) is 0 Å². The van der Waals surface area contributed by atoms with Crippen LogP contribution in [0.25, 0.3) is 29.1 Å². The van der Waals surface area contributed by atoms with E-state index in [0.29, 0.717) is 0 Å². The van der Waals surface area contributed by atoms with Crippen molar-refractivity contribution in [1.82, 2.24) is 0 Å². The molecule has 0 rings (SSSR count). The molecule has 0 fully saturated rings. The molecule has 0 aliphatic carbocycles. The summed E-state index contributed by atoms with van der Waals surface area (Å²) in [6, 6.07) is 0. The molecule has 0 heterocycles. The smallest absolute Gasteiger partial charge is 0.205 e. The molecule has 19 heavy (non-hydrogen) atoms. The summed E-state index contributed by atoms with van der Waals surface area (Å²) in [6.45, 7) is 35.0. The van der Waals surface area contributed by atoms with Crippen molar-refractivity contribution < 1.29 is 21.1 Å². The van der Waals surface area contributed by atoms with Gasteiger partial charge in [0.2, 0.25) is 42.3 Å². The van der Waals surface area contributed by atoms with Crippen molar-refractivity contribution in [3.8, 4) is 0 Å². The monoisotopic (exact) mass is 344 g/mol. The summed E-state index contributed by atoms with van der Waals surface area (Å²) in [5.74, 6) is 0. The molecule has 0 spiro atoms. The van der Waals surface area contributed by atoms with Crippen LogP contribution in [0.5, 0.6) is 0 Å². The van der Waals surface area contributed by atoms with Gasteiger partial charge >= 0.3 is 0 Å². The number of hydrogen-bond acceptors (Lipinski definition) is 0. The normalized spacial score (nSPS) is 2.53. The van der Waals surface area contributed by atoms with Crippen molar-refractivity contribution in [2.75, 3.05) is 42.3 Å². The summed E-state index contributed by atoms with van der Waals surface area (Å²) in [5, 5.41) is 0. The summed E-state index contributed by atoms with van der Waals surface area (Å²) < 4.78 is 0. The van der Waals surface area contributed by atoms with Crippen LogP contribution in [-0.2, 0) is 21.1 Å². The molecule has 0 saturated heterocycles. The minimum atomic E-state index is 0. The van der Waals surface area contributed by atoms with E-state index in [4.69, 9.17) is 39.4 Å². The molecule has 0 amide bonds. The average Bonchev–Trinajstić information content (AvgIpc) is 2.23. The maximum Gasteiger partial charge on any atom is 0.205 e. The molecule has 0 atom stereocenters. The molecule has 0 aromatic heterocycles. The van der Waals surface area contributed by atoms with Gasteiger partial charge in [-0.05, 0) is 0 Å². The summed E-state index contributed by atoms with van der Waals surface area (Å²) in [7, 11) is 8.50. The van der Waals surface area contributed by atoms with Gasteiger partial charge in [0, 0.05) is 21.1 Å². The van der Waals surface area contributed by atoms with Gasteiger partial charge in [-0.1, -0.05) is 0 Å². The first-order chi connectivity index (χ1) is 8.49. The minimum absolute atomic E-state index is 0. The Kier molecular flexibility index (Phi) is 586. The predicted molar refractivity (Wildman–Crippen MR) is 75.2 cm³/mol. The van der Waals surface area contributed by atoms with Crippen LogP contribution in [0, 0.1) is 39.4 Å². The molecule has 0 saturated carbocycles. The molecule has 102 valence electrons. The van der Waals surface area contributed by atoms with Crippen LogP contribution in [0.3, 0.4) is 0 Å². The van der Waals surface area contributed by atoms with Crippen LogP contribution in [-0.4, -0.2) is 42.3 Å². The molecule has 7 heteroatoms. The number of hydrogen-bond donors (Lipinski definition) is 0. The Morgan fingerprint density at radius 2 is 0.368 bits per heavy atom. The molecule has 0 aromatic rings. The van der Waals surface area contributed by atoms with Crippen molar-refractivity contribution in [2.24, 2.45) is 0 Å². The van der Waals surface area contributed by atoms with Gasteiger partial charge in [0.1, 0.15) is 0 Å². The largest absolute Gasteiger partial charge is 0.320 e. The van der Waals surface area contributed by atoms with E-state index in [-0.39, 0.29) is 21.1 Å². The number of rotatable bonds is 0. The van der Waals surface area contributed by atoms with Gasteiger partial charge in [-0.3, -0.25) is 0 Å². The van der Waals surface area contributed by atoms with E-state index >= 15 is 0 Å². The fraction of sp³-hybridized carbons (Fsp3) is 0.500. The van der Waals surface area contributed by atoms with Crippen LogP contribution in [0.1, 0.15) is 0 Å². The molecule has 6 nitrogen and oxygen atoms in total. The fourth-order valence-corrected chi connectivity index (χ4v) is 0. The Bertz CT molecular complexity index is 244. The van der Waals surface area contributed by atoms with Crippen LogP contribution in [0.15, 0.2) is 0 Å². The van der Waals surface area contributed by atoms with Crippen molar-refractivity contribution in [3.05, 3.63) is 68.5 Å². The Balaban J connectivity index is -0.0000000180. The summed E-state index contributed by atoms with van der Waals surface area (Å²) in [5.41, 5.74) is 0. The molecule has 0 aliphatic heterocycles. The molecule has 0 N–H and O–H groups in total. The van der Waals surface area contributed by atoms with Crippen molar-refractivity contribution in [3.63, 3.8) is 0 Å². The van der Waals surface area contributed by atoms with Crippen LogP contribution >= 0.6 is 0 Å². The second kappa shape index (κ2) is 254. The van der Waals surface area contributed by atoms with Crippen LogP contribution in [0.4, 0.5) is 0 Å². The third-order valence-corrected chi connectivity index (χ3v) is 0. The zero-order valence-electron chi connectivity index (χ0n) is 12.1. The van der Waals surface area contributed by atoms with Gasteiger partial charge in [0.25, 0.3) is 0 Å². The van der Waals surface area contributed by atoms with E-state index in [1.807, 2.05) is 0 Å². The van der Waals surface area contributed by atoms with Gasteiger partial charge in [0.05, 0.1) is 0 Å². The first-order valence-corrected chi connectivity index (χ1v) is 4.02. The Hall–Kier alpha value is -2.37. The second-order valence-electron chi connectivity index (χ2n) is 1.34. The van der Waals surface area contributed by atoms with Gasteiger partial charge in [-0.2, -0.15) is 0 Å². The fourth-order valence-electron chi connectivity index (χ4n) is 0. The third-order valence-electron chi connectivity index (χ3n) is 0. The van der Waals surface area contributed by atoms with Crippen molar-refractivity contribution >= 4 is 0 Å². The molecule has 0 aliphatic rings. The van der Waals surface area contributed by atoms with E-state index in [1.54, 1.807) is 0 Å². The maximum absolute atomic E-state index is 5.83. The van der Waals surface area contributed by atoms with Crippen LogP contribution in [0.2, 0.25) is 0 Å². The van der Waals surface area contributed by atoms with E-state index < -0.39 is 0 Å². The second-order valence-corrected chi connectivity index (χ2v) is 1.34. The zero-order chi connectivity index (χ0) is 16.2. The molecule has 0 bridgehead atoms. The summed E-state index contributed by atoms with van der Waals surface area (Å²) in [6.07, 6.45) is 0. The average molecular weight is 342 g/mol. The molecule has 0 radical (unpaired) electrons. The van der Waals surface area contributed by atoms with Gasteiger partial charge in [0.15, 0.2) is 0 Å². The van der Waals surface area contributed by atoms with Gasteiger partial charge < -0.3 is 29.1 Å². The zero-order valence-corrected chi connectivity index (χ0v) is 14.1. The molecular weight excluding hydrogens is 324 g/mol. The van der Waals surface area contributed by atoms with Gasteiger partial charge in [-0.25, -0.2) is 39.4 Å². The standard InChI is InChI=1S/6C2H3N.Mo/c6*1-3-2;/h6*1H3;. The first-order valence-electron chi connectivity index (χ1n) is 4.02. The summed E-state index contributed by atoms with van der Waals surface area (Å²) >= 11 is 0. The molecule has 0 unspecified atom stereocenters. The topological polar surface area (TPSA) is 26.2 Å². The quantitative estimate of drug-likeness (QED) is 0.477. The van der Waals surface area contributed by atoms with Crippen molar-refractivity contribution in [1.29, 1.82) is 0 Å². The first kappa shape index (κ1) is 43.8. The Labute approximate surface area is 132 Å².